The SMILES string of the molecule is CC(C)C(C)C(=O)c1scc(Br)c1Br. The zero-order chi connectivity index (χ0) is 10.9. The van der Waals surface area contributed by atoms with Crippen molar-refractivity contribution < 1.29 is 4.79 Å². The molecule has 0 aliphatic heterocycles. The second kappa shape index (κ2) is 4.90. The Hall–Kier alpha value is 0.330. The third-order valence-corrected chi connectivity index (χ3v) is 5.87. The molecule has 0 N–H and O–H groups in total. The molecular weight excluding hydrogens is 328 g/mol. The molecule has 0 spiro atoms. The minimum atomic E-state index is 0.0804. The van der Waals surface area contributed by atoms with Crippen LogP contribution in [0.5, 0.6) is 0 Å². The Balaban J connectivity index is 2.95. The number of Topliss-reactive ketones (excluding diaryl/α,β-unsaturated/α-hetero) is 1. The summed E-state index contributed by atoms with van der Waals surface area (Å²) in [6, 6.07) is 0. The molecule has 1 aromatic heterocycles. The van der Waals surface area contributed by atoms with Crippen LogP contribution in [0, 0.1) is 11.8 Å². The third kappa shape index (κ3) is 2.47. The minimum Gasteiger partial charge on any atom is -0.293 e. The summed E-state index contributed by atoms with van der Waals surface area (Å²) < 4.78 is 1.85. The van der Waals surface area contributed by atoms with Gasteiger partial charge in [0, 0.05) is 15.8 Å². The number of hydrogen-bond donors (Lipinski definition) is 0. The van der Waals surface area contributed by atoms with Gasteiger partial charge in [-0.15, -0.1) is 11.3 Å². The predicted octanol–water partition coefficient (Wildman–Crippen LogP) is 4.75. The molecule has 0 fully saturated rings. The predicted molar refractivity (Wildman–Crippen MR) is 68.1 cm³/mol. The van der Waals surface area contributed by atoms with Gasteiger partial charge in [-0.1, -0.05) is 20.8 Å². The molecule has 1 aromatic rings. The van der Waals surface area contributed by atoms with Crippen LogP contribution in [-0.4, -0.2) is 5.78 Å². The number of ketones is 1. The van der Waals surface area contributed by atoms with Crippen LogP contribution >= 0.6 is 43.2 Å². The van der Waals surface area contributed by atoms with Crippen molar-refractivity contribution >= 4 is 49.0 Å². The van der Waals surface area contributed by atoms with Gasteiger partial charge < -0.3 is 0 Å². The number of carbonyl (C=O) groups is 1. The van der Waals surface area contributed by atoms with Crippen LogP contribution in [0.3, 0.4) is 0 Å². The highest BCUT2D eigenvalue weighted by molar-refractivity contribution is 9.13. The Morgan fingerprint density at radius 1 is 1.36 bits per heavy atom. The van der Waals surface area contributed by atoms with E-state index < -0.39 is 0 Å². The lowest BCUT2D eigenvalue weighted by atomic mass is 9.93. The molecule has 0 saturated carbocycles. The van der Waals surface area contributed by atoms with Gasteiger partial charge in [0.05, 0.1) is 9.35 Å². The Labute approximate surface area is 105 Å². The van der Waals surface area contributed by atoms with Gasteiger partial charge in [-0.2, -0.15) is 0 Å². The normalized spacial score (nSPS) is 13.3. The van der Waals surface area contributed by atoms with E-state index >= 15 is 0 Å². The summed E-state index contributed by atoms with van der Waals surface area (Å²) in [5.74, 6) is 0.690. The summed E-state index contributed by atoms with van der Waals surface area (Å²) in [5, 5.41) is 1.93. The number of rotatable bonds is 3. The highest BCUT2D eigenvalue weighted by Crippen LogP contribution is 2.34. The first-order valence-corrected chi connectivity index (χ1v) is 6.88. The van der Waals surface area contributed by atoms with Crippen LogP contribution in [-0.2, 0) is 0 Å². The zero-order valence-corrected chi connectivity index (χ0v) is 12.3. The summed E-state index contributed by atoms with van der Waals surface area (Å²) in [7, 11) is 0. The van der Waals surface area contributed by atoms with Crippen molar-refractivity contribution in [3.05, 3.63) is 19.2 Å². The van der Waals surface area contributed by atoms with E-state index in [1.165, 1.54) is 11.3 Å². The number of thiophene rings is 1. The summed E-state index contributed by atoms with van der Waals surface area (Å²) >= 11 is 8.28. The summed E-state index contributed by atoms with van der Waals surface area (Å²) in [6.45, 7) is 6.12. The molecule has 0 radical (unpaired) electrons. The zero-order valence-electron chi connectivity index (χ0n) is 8.30. The van der Waals surface area contributed by atoms with E-state index in [4.69, 9.17) is 0 Å². The van der Waals surface area contributed by atoms with Gasteiger partial charge >= 0.3 is 0 Å². The highest BCUT2D eigenvalue weighted by Gasteiger charge is 2.22. The molecule has 14 heavy (non-hydrogen) atoms. The van der Waals surface area contributed by atoms with Gasteiger partial charge in [0.1, 0.15) is 0 Å². The average molecular weight is 340 g/mol. The Kier molecular flexibility index (Phi) is 4.34. The topological polar surface area (TPSA) is 17.1 Å². The molecule has 1 rings (SSSR count). The van der Waals surface area contributed by atoms with Gasteiger partial charge in [0.15, 0.2) is 5.78 Å². The number of hydrogen-bond acceptors (Lipinski definition) is 2. The largest absolute Gasteiger partial charge is 0.293 e. The van der Waals surface area contributed by atoms with E-state index in [9.17, 15) is 4.79 Å². The summed E-state index contributed by atoms with van der Waals surface area (Å²) in [6.07, 6.45) is 0. The highest BCUT2D eigenvalue weighted by atomic mass is 79.9. The second-order valence-corrected chi connectivity index (χ2v) is 6.15. The van der Waals surface area contributed by atoms with Crippen molar-refractivity contribution in [3.63, 3.8) is 0 Å². The molecule has 78 valence electrons. The molecule has 0 saturated heterocycles. The summed E-state index contributed by atoms with van der Waals surface area (Å²) in [5.41, 5.74) is 0. The molecular formula is C10H12Br2OS. The number of halogens is 2. The van der Waals surface area contributed by atoms with Gasteiger partial charge in [-0.25, -0.2) is 0 Å². The molecule has 1 atom stereocenters. The van der Waals surface area contributed by atoms with Crippen LogP contribution in [0.15, 0.2) is 14.3 Å². The summed E-state index contributed by atoms with van der Waals surface area (Å²) in [4.78, 5) is 12.8. The van der Waals surface area contributed by atoms with Crippen LogP contribution in [0.4, 0.5) is 0 Å². The molecule has 0 aromatic carbocycles. The van der Waals surface area contributed by atoms with E-state index in [-0.39, 0.29) is 11.7 Å². The molecule has 0 aliphatic rings. The molecule has 0 bridgehead atoms. The smallest absolute Gasteiger partial charge is 0.177 e. The quantitative estimate of drug-likeness (QED) is 0.726. The molecule has 1 heterocycles. The van der Waals surface area contributed by atoms with E-state index in [0.29, 0.717) is 5.92 Å². The van der Waals surface area contributed by atoms with Gasteiger partial charge in [0.2, 0.25) is 0 Å². The maximum Gasteiger partial charge on any atom is 0.177 e. The van der Waals surface area contributed by atoms with E-state index in [2.05, 4.69) is 45.7 Å². The Morgan fingerprint density at radius 3 is 2.29 bits per heavy atom. The molecule has 4 heteroatoms. The van der Waals surface area contributed by atoms with E-state index in [1.54, 1.807) is 0 Å². The lowest BCUT2D eigenvalue weighted by molar-refractivity contribution is 0.0903. The van der Waals surface area contributed by atoms with Crippen molar-refractivity contribution in [1.82, 2.24) is 0 Å². The van der Waals surface area contributed by atoms with Gasteiger partial charge in [-0.3, -0.25) is 4.79 Å². The molecule has 1 nitrogen and oxygen atoms in total. The first-order valence-electron chi connectivity index (χ1n) is 4.41. The van der Waals surface area contributed by atoms with Crippen molar-refractivity contribution in [2.75, 3.05) is 0 Å². The van der Waals surface area contributed by atoms with Crippen LogP contribution in [0.2, 0.25) is 0 Å². The fourth-order valence-corrected chi connectivity index (χ4v) is 3.20. The monoisotopic (exact) mass is 338 g/mol. The van der Waals surface area contributed by atoms with Crippen molar-refractivity contribution in [1.29, 1.82) is 0 Å². The van der Waals surface area contributed by atoms with Crippen LogP contribution < -0.4 is 0 Å². The van der Waals surface area contributed by atoms with E-state index in [0.717, 1.165) is 13.8 Å². The molecule has 0 aliphatic carbocycles. The average Bonchev–Trinajstić information content (AvgIpc) is 2.45. The fourth-order valence-electron chi connectivity index (χ4n) is 0.998. The van der Waals surface area contributed by atoms with Gasteiger partial charge in [0.25, 0.3) is 0 Å². The first-order chi connectivity index (χ1) is 6.45. The standard InChI is InChI=1S/C10H12Br2OS/c1-5(2)6(3)9(13)10-8(12)7(11)4-14-10/h4-6H,1-3H3. The maximum atomic E-state index is 12.0. The lowest BCUT2D eigenvalue weighted by Gasteiger charge is -2.12. The fraction of sp³-hybridized carbons (Fsp3) is 0.500. The van der Waals surface area contributed by atoms with Gasteiger partial charge in [-0.05, 0) is 37.8 Å². The third-order valence-electron chi connectivity index (χ3n) is 2.33. The van der Waals surface area contributed by atoms with Crippen LogP contribution in [0.1, 0.15) is 30.4 Å². The Morgan fingerprint density at radius 2 is 1.93 bits per heavy atom. The lowest BCUT2D eigenvalue weighted by Crippen LogP contribution is -2.16. The van der Waals surface area contributed by atoms with Crippen molar-refractivity contribution in [2.24, 2.45) is 11.8 Å². The Bertz CT molecular complexity index is 344. The minimum absolute atomic E-state index is 0.0804. The molecule has 1 unspecified atom stereocenters. The number of carbonyl (C=O) groups excluding carboxylic acids is 1. The van der Waals surface area contributed by atoms with Crippen molar-refractivity contribution in [3.8, 4) is 0 Å². The van der Waals surface area contributed by atoms with E-state index in [1.807, 2.05) is 12.3 Å². The molecule has 0 amide bonds. The van der Waals surface area contributed by atoms with Crippen molar-refractivity contribution in [2.45, 2.75) is 20.8 Å². The first kappa shape index (κ1) is 12.4. The maximum absolute atomic E-state index is 12.0. The second-order valence-electron chi connectivity index (χ2n) is 3.62. The van der Waals surface area contributed by atoms with Crippen LogP contribution in [0.25, 0.3) is 0 Å².